The highest BCUT2D eigenvalue weighted by Crippen LogP contribution is 2.27. The molecule has 0 saturated carbocycles. The molecule has 1 fully saturated rings. The number of aromatic nitrogens is 3. The van der Waals surface area contributed by atoms with E-state index in [2.05, 4.69) is 21.9 Å². The van der Waals surface area contributed by atoms with Crippen LogP contribution in [0, 0.1) is 0 Å². The molecule has 0 aliphatic carbocycles. The van der Waals surface area contributed by atoms with E-state index in [0.29, 0.717) is 17.6 Å². The second-order valence-electron chi connectivity index (χ2n) is 6.38. The van der Waals surface area contributed by atoms with Gasteiger partial charge >= 0.3 is 6.01 Å². The predicted molar refractivity (Wildman–Crippen MR) is 106 cm³/mol. The summed E-state index contributed by atoms with van der Waals surface area (Å²) >= 11 is 3.02. The number of thiazole rings is 1. The Morgan fingerprint density at radius 3 is 2.93 bits per heavy atom. The second-order valence-corrected chi connectivity index (χ2v) is 8.18. The number of carbonyl (C=O) groups is 1. The first kappa shape index (κ1) is 18.1. The molecule has 1 saturated heterocycles. The zero-order chi connectivity index (χ0) is 18.6. The van der Waals surface area contributed by atoms with E-state index in [1.54, 1.807) is 23.7 Å². The first-order valence-electron chi connectivity index (χ1n) is 8.99. The van der Waals surface area contributed by atoms with E-state index in [0.717, 1.165) is 41.9 Å². The zero-order valence-electron chi connectivity index (χ0n) is 15.0. The lowest BCUT2D eigenvalue weighted by atomic mass is 10.1. The average Bonchev–Trinajstić information content (AvgIpc) is 3.40. The lowest BCUT2D eigenvalue weighted by Crippen LogP contribution is -2.44. The maximum Gasteiger partial charge on any atom is 0.316 e. The fourth-order valence-corrected chi connectivity index (χ4v) is 4.54. The molecule has 1 amide bonds. The van der Waals surface area contributed by atoms with Crippen molar-refractivity contribution in [1.29, 1.82) is 0 Å². The van der Waals surface area contributed by atoms with E-state index in [1.165, 1.54) is 11.3 Å². The molecule has 1 aliphatic rings. The lowest BCUT2D eigenvalue weighted by molar-refractivity contribution is 0.0515. The smallest absolute Gasteiger partial charge is 0.316 e. The number of rotatable bonds is 5. The third-order valence-corrected chi connectivity index (χ3v) is 6.21. The molecule has 3 aromatic heterocycles. The van der Waals surface area contributed by atoms with E-state index < -0.39 is 0 Å². The molecule has 4 rings (SSSR count). The summed E-state index contributed by atoms with van der Waals surface area (Å²) in [6.45, 7) is 3.32. The number of likely N-dealkylation sites (tertiary alicyclic amines) is 1. The molecule has 0 bridgehead atoms. The van der Waals surface area contributed by atoms with Crippen molar-refractivity contribution in [3.8, 4) is 16.6 Å². The summed E-state index contributed by atoms with van der Waals surface area (Å²) in [5, 5.41) is 4.49. The Morgan fingerprint density at radius 2 is 2.19 bits per heavy atom. The molecular formula is C19H20N4O2S2. The highest BCUT2D eigenvalue weighted by atomic mass is 32.1. The van der Waals surface area contributed by atoms with Crippen molar-refractivity contribution < 1.29 is 9.53 Å². The van der Waals surface area contributed by atoms with Crippen LogP contribution in [0.15, 0.2) is 35.3 Å². The van der Waals surface area contributed by atoms with Gasteiger partial charge in [0, 0.05) is 24.3 Å². The van der Waals surface area contributed by atoms with Gasteiger partial charge in [-0.15, -0.1) is 22.7 Å². The van der Waals surface area contributed by atoms with Crippen LogP contribution >= 0.6 is 22.7 Å². The van der Waals surface area contributed by atoms with Gasteiger partial charge in [0.05, 0.1) is 17.1 Å². The summed E-state index contributed by atoms with van der Waals surface area (Å²) < 4.78 is 5.90. The van der Waals surface area contributed by atoms with Crippen LogP contribution < -0.4 is 4.74 Å². The van der Waals surface area contributed by atoms with Gasteiger partial charge in [-0.3, -0.25) is 4.79 Å². The number of hydrogen-bond donors (Lipinski definition) is 0. The molecule has 8 heteroatoms. The van der Waals surface area contributed by atoms with Crippen LogP contribution in [-0.4, -0.2) is 45.0 Å². The number of piperidine rings is 1. The van der Waals surface area contributed by atoms with Gasteiger partial charge in [-0.2, -0.15) is 0 Å². The number of aryl methyl sites for hydroxylation is 1. The van der Waals surface area contributed by atoms with E-state index in [-0.39, 0.29) is 12.0 Å². The van der Waals surface area contributed by atoms with E-state index in [9.17, 15) is 4.79 Å². The van der Waals surface area contributed by atoms with Gasteiger partial charge < -0.3 is 9.64 Å². The summed E-state index contributed by atoms with van der Waals surface area (Å²) in [7, 11) is 0. The summed E-state index contributed by atoms with van der Waals surface area (Å²) in [5.74, 6) is -0.0293. The van der Waals surface area contributed by atoms with E-state index in [4.69, 9.17) is 4.74 Å². The van der Waals surface area contributed by atoms with Crippen molar-refractivity contribution in [1.82, 2.24) is 19.9 Å². The standard InChI is InChI=1S/C19H20N4O2S2/c1-2-13-9-20-19(21-10-13)25-14-5-3-7-23(11-14)18(24)17-22-15(12-27-17)16-6-4-8-26-16/h4,6,8-10,12,14H,2-3,5,7,11H2,1H3. The molecule has 140 valence electrons. The van der Waals surface area contributed by atoms with Gasteiger partial charge in [-0.25, -0.2) is 15.0 Å². The molecule has 0 N–H and O–H groups in total. The maximum absolute atomic E-state index is 12.9. The second kappa shape index (κ2) is 8.14. The SMILES string of the molecule is CCc1cnc(OC2CCCN(C(=O)c3nc(-c4cccs4)cs3)C2)nc1. The van der Waals surface area contributed by atoms with Gasteiger partial charge in [0.2, 0.25) is 0 Å². The minimum Gasteiger partial charge on any atom is -0.458 e. The quantitative estimate of drug-likeness (QED) is 0.650. The Kier molecular flexibility index (Phi) is 5.45. The molecule has 1 aliphatic heterocycles. The van der Waals surface area contributed by atoms with Crippen LogP contribution in [0.5, 0.6) is 6.01 Å². The third-order valence-electron chi connectivity index (χ3n) is 4.49. The van der Waals surface area contributed by atoms with E-state index in [1.807, 2.05) is 27.8 Å². The van der Waals surface area contributed by atoms with Crippen LogP contribution in [0.1, 0.15) is 35.1 Å². The maximum atomic E-state index is 12.9. The van der Waals surface area contributed by atoms with Crippen molar-refractivity contribution in [3.05, 3.63) is 45.9 Å². The fraction of sp³-hybridized carbons (Fsp3) is 0.368. The summed E-state index contributed by atoms with van der Waals surface area (Å²) in [5.41, 5.74) is 1.95. The van der Waals surface area contributed by atoms with Crippen molar-refractivity contribution in [2.24, 2.45) is 0 Å². The Balaban J connectivity index is 1.40. The number of ether oxygens (including phenoxy) is 1. The Bertz CT molecular complexity index is 893. The first-order chi connectivity index (χ1) is 13.2. The number of amides is 1. The van der Waals surface area contributed by atoms with Crippen LogP contribution in [0.4, 0.5) is 0 Å². The highest BCUT2D eigenvalue weighted by Gasteiger charge is 2.28. The van der Waals surface area contributed by atoms with Crippen LogP contribution in [0.2, 0.25) is 0 Å². The monoisotopic (exact) mass is 400 g/mol. The molecule has 27 heavy (non-hydrogen) atoms. The Morgan fingerprint density at radius 1 is 1.33 bits per heavy atom. The molecule has 1 unspecified atom stereocenters. The van der Waals surface area contributed by atoms with Crippen LogP contribution in [0.25, 0.3) is 10.6 Å². The lowest BCUT2D eigenvalue weighted by Gasteiger charge is -2.31. The normalized spacial score (nSPS) is 17.1. The molecular weight excluding hydrogens is 380 g/mol. The number of thiophene rings is 1. The van der Waals surface area contributed by atoms with Gasteiger partial charge in [0.15, 0.2) is 5.01 Å². The molecule has 3 aromatic rings. The summed E-state index contributed by atoms with van der Waals surface area (Å²) in [6.07, 6.45) is 6.17. The molecule has 6 nitrogen and oxygen atoms in total. The largest absolute Gasteiger partial charge is 0.458 e. The zero-order valence-corrected chi connectivity index (χ0v) is 16.6. The molecule has 4 heterocycles. The van der Waals surface area contributed by atoms with Crippen LogP contribution in [0.3, 0.4) is 0 Å². The number of carbonyl (C=O) groups excluding carboxylic acids is 1. The van der Waals surface area contributed by atoms with Crippen molar-refractivity contribution in [2.45, 2.75) is 32.3 Å². The number of nitrogens with zero attached hydrogens (tertiary/aromatic N) is 4. The Hall–Kier alpha value is -2.32. The van der Waals surface area contributed by atoms with Gasteiger partial charge in [0.25, 0.3) is 5.91 Å². The van der Waals surface area contributed by atoms with Crippen molar-refractivity contribution in [3.63, 3.8) is 0 Å². The van der Waals surface area contributed by atoms with Crippen LogP contribution in [-0.2, 0) is 6.42 Å². The topological polar surface area (TPSA) is 68.2 Å². The first-order valence-corrected chi connectivity index (χ1v) is 10.7. The van der Waals surface area contributed by atoms with Crippen molar-refractivity contribution >= 4 is 28.6 Å². The number of hydrogen-bond acceptors (Lipinski definition) is 7. The minimum atomic E-state index is -0.0908. The van der Waals surface area contributed by atoms with Crippen molar-refractivity contribution in [2.75, 3.05) is 13.1 Å². The molecule has 0 radical (unpaired) electrons. The summed E-state index contributed by atoms with van der Waals surface area (Å²) in [6, 6.07) is 4.38. The van der Waals surface area contributed by atoms with E-state index >= 15 is 0 Å². The van der Waals surface area contributed by atoms with Gasteiger partial charge in [0.1, 0.15) is 6.10 Å². The average molecular weight is 401 g/mol. The minimum absolute atomic E-state index is 0.0293. The molecule has 0 aromatic carbocycles. The van der Waals surface area contributed by atoms with Gasteiger partial charge in [-0.1, -0.05) is 13.0 Å². The fourth-order valence-electron chi connectivity index (χ4n) is 3.00. The third kappa shape index (κ3) is 4.17. The highest BCUT2D eigenvalue weighted by molar-refractivity contribution is 7.15. The van der Waals surface area contributed by atoms with Gasteiger partial charge in [-0.05, 0) is 36.3 Å². The Labute approximate surface area is 165 Å². The molecule has 0 spiro atoms. The molecule has 1 atom stereocenters. The summed E-state index contributed by atoms with van der Waals surface area (Å²) in [4.78, 5) is 28.8. The predicted octanol–water partition coefficient (Wildman–Crippen LogP) is 3.91.